The van der Waals surface area contributed by atoms with Gasteiger partial charge in [0.25, 0.3) is 5.91 Å². The molecule has 0 spiro atoms. The Morgan fingerprint density at radius 1 is 1.64 bits per heavy atom. The van der Waals surface area contributed by atoms with E-state index in [1.54, 1.807) is 4.90 Å². The SMILES string of the molecule is CC1CN(C(=O)c2ccsc2)CC1O. The monoisotopic (exact) mass is 211 g/mol. The standard InChI is InChI=1S/C10H13NO2S/c1-7-4-11(5-9(7)12)10(13)8-2-3-14-6-8/h2-3,6-7,9,12H,4-5H2,1H3. The lowest BCUT2D eigenvalue weighted by Gasteiger charge is -2.14. The summed E-state index contributed by atoms with van der Waals surface area (Å²) in [6.07, 6.45) is -0.363. The van der Waals surface area contributed by atoms with Crippen molar-refractivity contribution in [2.75, 3.05) is 13.1 Å². The maximum absolute atomic E-state index is 11.8. The molecule has 1 amide bonds. The van der Waals surface area contributed by atoms with E-state index in [2.05, 4.69) is 0 Å². The number of carbonyl (C=O) groups excluding carboxylic acids is 1. The number of hydrogen-bond acceptors (Lipinski definition) is 3. The highest BCUT2D eigenvalue weighted by molar-refractivity contribution is 7.08. The Balaban J connectivity index is 2.07. The third kappa shape index (κ3) is 1.67. The van der Waals surface area contributed by atoms with E-state index in [4.69, 9.17) is 0 Å². The van der Waals surface area contributed by atoms with Gasteiger partial charge in [-0.15, -0.1) is 0 Å². The summed E-state index contributed by atoms with van der Waals surface area (Å²) in [4.78, 5) is 13.5. The molecule has 14 heavy (non-hydrogen) atoms. The average Bonchev–Trinajstić information content (AvgIpc) is 2.76. The van der Waals surface area contributed by atoms with Crippen molar-refractivity contribution in [3.05, 3.63) is 22.4 Å². The predicted molar refractivity (Wildman–Crippen MR) is 55.4 cm³/mol. The Bertz CT molecular complexity index is 313. The highest BCUT2D eigenvalue weighted by Gasteiger charge is 2.31. The summed E-state index contributed by atoms with van der Waals surface area (Å²) < 4.78 is 0. The zero-order valence-corrected chi connectivity index (χ0v) is 8.83. The first-order valence-electron chi connectivity index (χ1n) is 4.68. The fourth-order valence-corrected chi connectivity index (χ4v) is 2.31. The van der Waals surface area contributed by atoms with Crippen LogP contribution >= 0.6 is 11.3 Å². The lowest BCUT2D eigenvalue weighted by molar-refractivity contribution is 0.0765. The zero-order valence-electron chi connectivity index (χ0n) is 8.01. The van der Waals surface area contributed by atoms with Crippen molar-refractivity contribution < 1.29 is 9.90 Å². The number of thiophene rings is 1. The van der Waals surface area contributed by atoms with Crippen LogP contribution in [-0.2, 0) is 0 Å². The quantitative estimate of drug-likeness (QED) is 0.758. The summed E-state index contributed by atoms with van der Waals surface area (Å²) >= 11 is 1.52. The van der Waals surface area contributed by atoms with Crippen LogP contribution < -0.4 is 0 Å². The molecule has 2 unspecified atom stereocenters. The van der Waals surface area contributed by atoms with Gasteiger partial charge in [0.05, 0.1) is 11.7 Å². The van der Waals surface area contributed by atoms with Gasteiger partial charge in [0.2, 0.25) is 0 Å². The summed E-state index contributed by atoms with van der Waals surface area (Å²) in [5.41, 5.74) is 0.733. The summed E-state index contributed by atoms with van der Waals surface area (Å²) in [5, 5.41) is 13.3. The van der Waals surface area contributed by atoms with Gasteiger partial charge >= 0.3 is 0 Å². The van der Waals surface area contributed by atoms with Gasteiger partial charge in [0.1, 0.15) is 0 Å². The van der Waals surface area contributed by atoms with E-state index in [9.17, 15) is 9.90 Å². The number of aliphatic hydroxyl groups is 1. The molecular weight excluding hydrogens is 198 g/mol. The van der Waals surface area contributed by atoms with Crippen LogP contribution in [-0.4, -0.2) is 35.1 Å². The maximum atomic E-state index is 11.8. The van der Waals surface area contributed by atoms with Crippen molar-refractivity contribution in [2.24, 2.45) is 5.92 Å². The Morgan fingerprint density at radius 2 is 2.43 bits per heavy atom. The predicted octanol–water partition coefficient (Wildman–Crippen LogP) is 1.20. The molecule has 1 aromatic rings. The number of β-amino-alcohol motifs (C(OH)–C–C–N with tert-alkyl or cyclic N) is 1. The lowest BCUT2D eigenvalue weighted by Crippen LogP contribution is -2.29. The summed E-state index contributed by atoms with van der Waals surface area (Å²) in [7, 11) is 0. The van der Waals surface area contributed by atoms with E-state index in [-0.39, 0.29) is 17.9 Å². The smallest absolute Gasteiger partial charge is 0.254 e. The van der Waals surface area contributed by atoms with Crippen LogP contribution in [0.3, 0.4) is 0 Å². The van der Waals surface area contributed by atoms with E-state index in [1.165, 1.54) is 11.3 Å². The van der Waals surface area contributed by atoms with E-state index in [1.807, 2.05) is 23.8 Å². The second-order valence-electron chi connectivity index (χ2n) is 3.77. The molecule has 2 rings (SSSR count). The molecule has 76 valence electrons. The minimum Gasteiger partial charge on any atom is -0.391 e. The van der Waals surface area contributed by atoms with Gasteiger partial charge in [0, 0.05) is 24.4 Å². The molecule has 3 nitrogen and oxygen atoms in total. The molecule has 4 heteroatoms. The number of aliphatic hydroxyl groups excluding tert-OH is 1. The topological polar surface area (TPSA) is 40.5 Å². The van der Waals surface area contributed by atoms with Crippen molar-refractivity contribution in [1.82, 2.24) is 4.90 Å². The number of rotatable bonds is 1. The van der Waals surface area contributed by atoms with E-state index >= 15 is 0 Å². The molecule has 1 saturated heterocycles. The average molecular weight is 211 g/mol. The molecule has 0 saturated carbocycles. The minimum atomic E-state index is -0.363. The number of amides is 1. The molecule has 0 aromatic carbocycles. The van der Waals surface area contributed by atoms with E-state index in [0.29, 0.717) is 13.1 Å². The molecule has 0 aliphatic carbocycles. The molecule has 2 atom stereocenters. The number of hydrogen-bond donors (Lipinski definition) is 1. The number of nitrogens with zero attached hydrogens (tertiary/aromatic N) is 1. The van der Waals surface area contributed by atoms with Crippen LogP contribution in [0.25, 0.3) is 0 Å². The van der Waals surface area contributed by atoms with Gasteiger partial charge in [-0.25, -0.2) is 0 Å². The lowest BCUT2D eigenvalue weighted by atomic mass is 10.1. The van der Waals surface area contributed by atoms with Crippen LogP contribution in [0.2, 0.25) is 0 Å². The third-order valence-corrected chi connectivity index (χ3v) is 3.31. The molecule has 2 heterocycles. The second kappa shape index (κ2) is 3.71. The molecule has 0 bridgehead atoms. The van der Waals surface area contributed by atoms with Gasteiger partial charge in [-0.1, -0.05) is 6.92 Å². The largest absolute Gasteiger partial charge is 0.391 e. The number of carbonyl (C=O) groups is 1. The van der Waals surface area contributed by atoms with Gasteiger partial charge < -0.3 is 10.0 Å². The number of likely N-dealkylation sites (tertiary alicyclic amines) is 1. The highest BCUT2D eigenvalue weighted by Crippen LogP contribution is 2.19. The van der Waals surface area contributed by atoms with E-state index < -0.39 is 0 Å². The van der Waals surface area contributed by atoms with Crippen LogP contribution in [0, 0.1) is 5.92 Å². The summed E-state index contributed by atoms with van der Waals surface area (Å²) in [6, 6.07) is 1.82. The fraction of sp³-hybridized carbons (Fsp3) is 0.500. The Labute approximate surface area is 87.0 Å². The van der Waals surface area contributed by atoms with Gasteiger partial charge in [-0.2, -0.15) is 11.3 Å². The van der Waals surface area contributed by atoms with Crippen molar-refractivity contribution in [2.45, 2.75) is 13.0 Å². The second-order valence-corrected chi connectivity index (χ2v) is 4.55. The van der Waals surface area contributed by atoms with Crippen LogP contribution in [0.4, 0.5) is 0 Å². The van der Waals surface area contributed by atoms with Gasteiger partial charge in [-0.3, -0.25) is 4.79 Å². The highest BCUT2D eigenvalue weighted by atomic mass is 32.1. The zero-order chi connectivity index (χ0) is 10.1. The summed E-state index contributed by atoms with van der Waals surface area (Å²) in [6.45, 7) is 3.09. The molecule has 1 aliphatic heterocycles. The third-order valence-electron chi connectivity index (χ3n) is 2.63. The van der Waals surface area contributed by atoms with Crippen molar-refractivity contribution in [1.29, 1.82) is 0 Å². The first kappa shape index (κ1) is 9.68. The maximum Gasteiger partial charge on any atom is 0.254 e. The Kier molecular flexibility index (Phi) is 2.56. The van der Waals surface area contributed by atoms with Crippen molar-refractivity contribution in [3.63, 3.8) is 0 Å². The molecular formula is C10H13NO2S. The molecule has 1 N–H and O–H groups in total. The molecule has 1 aromatic heterocycles. The van der Waals surface area contributed by atoms with Gasteiger partial charge in [-0.05, 0) is 11.4 Å². The fourth-order valence-electron chi connectivity index (χ4n) is 1.68. The minimum absolute atomic E-state index is 0.0367. The Morgan fingerprint density at radius 3 is 2.93 bits per heavy atom. The van der Waals surface area contributed by atoms with Crippen LogP contribution in [0.1, 0.15) is 17.3 Å². The summed E-state index contributed by atoms with van der Waals surface area (Å²) in [5.74, 6) is 0.229. The first-order valence-corrected chi connectivity index (χ1v) is 5.62. The van der Waals surface area contributed by atoms with Crippen LogP contribution in [0.15, 0.2) is 16.8 Å². The normalized spacial score (nSPS) is 26.9. The van der Waals surface area contributed by atoms with Gasteiger partial charge in [0.15, 0.2) is 0 Å². The molecule has 0 radical (unpaired) electrons. The Hall–Kier alpha value is -0.870. The molecule has 1 aliphatic rings. The molecule has 1 fully saturated rings. The van der Waals surface area contributed by atoms with Crippen molar-refractivity contribution >= 4 is 17.2 Å². The van der Waals surface area contributed by atoms with E-state index in [0.717, 1.165) is 5.56 Å². The van der Waals surface area contributed by atoms with Crippen LogP contribution in [0.5, 0.6) is 0 Å². The van der Waals surface area contributed by atoms with Crippen molar-refractivity contribution in [3.8, 4) is 0 Å². The first-order chi connectivity index (χ1) is 6.68.